The van der Waals surface area contributed by atoms with E-state index in [9.17, 15) is 9.90 Å². The van der Waals surface area contributed by atoms with Gasteiger partial charge in [0, 0.05) is 36.6 Å². The molecule has 3 heterocycles. The van der Waals surface area contributed by atoms with E-state index in [0.717, 1.165) is 34.8 Å². The summed E-state index contributed by atoms with van der Waals surface area (Å²) in [5.41, 5.74) is 3.39. The maximum atomic E-state index is 12.7. The summed E-state index contributed by atoms with van der Waals surface area (Å²) < 4.78 is 1.47. The number of anilines is 2. The van der Waals surface area contributed by atoms with Gasteiger partial charge in [-0.15, -0.1) is 11.8 Å². The standard InChI is InChI=1S/C22H27N5O2S/c1-13(2)24-21-20-17(23-12-26(3)22(20)29)10-16(25-21)14-5-6-18(19(9-14)30-4)27-8-7-15(28)11-27/h5-6,9-10,12-13,15,28H,7-8,11H2,1-4H3,(H,24,25). The van der Waals surface area contributed by atoms with Crippen molar-refractivity contribution in [3.63, 3.8) is 0 Å². The molecule has 4 rings (SSSR count). The second-order valence-corrected chi connectivity index (χ2v) is 8.83. The lowest BCUT2D eigenvalue weighted by molar-refractivity contribution is 0.198. The molecule has 1 atom stereocenters. The molecule has 0 saturated carbocycles. The van der Waals surface area contributed by atoms with Gasteiger partial charge in [0.05, 0.1) is 29.3 Å². The van der Waals surface area contributed by atoms with Crippen LogP contribution in [0.5, 0.6) is 0 Å². The number of hydrogen-bond acceptors (Lipinski definition) is 7. The Balaban J connectivity index is 1.83. The molecule has 0 radical (unpaired) electrons. The number of aliphatic hydroxyl groups excluding tert-OH is 1. The Morgan fingerprint density at radius 2 is 2.10 bits per heavy atom. The number of rotatable bonds is 5. The molecule has 1 aliphatic heterocycles. The molecule has 2 N–H and O–H groups in total. The van der Waals surface area contributed by atoms with Gasteiger partial charge in [0.1, 0.15) is 11.2 Å². The number of aromatic nitrogens is 3. The molecule has 1 fully saturated rings. The zero-order valence-electron chi connectivity index (χ0n) is 17.7. The van der Waals surface area contributed by atoms with Gasteiger partial charge in [0.2, 0.25) is 0 Å². The average molecular weight is 426 g/mol. The van der Waals surface area contributed by atoms with Gasteiger partial charge in [-0.2, -0.15) is 0 Å². The molecule has 2 aromatic heterocycles. The van der Waals surface area contributed by atoms with E-state index in [0.29, 0.717) is 23.3 Å². The van der Waals surface area contributed by atoms with Crippen molar-refractivity contribution in [2.24, 2.45) is 7.05 Å². The summed E-state index contributed by atoms with van der Waals surface area (Å²) in [6.07, 6.45) is 4.13. The van der Waals surface area contributed by atoms with E-state index in [1.165, 1.54) is 4.57 Å². The molecular formula is C22H27N5O2S. The Labute approximate surface area is 180 Å². The van der Waals surface area contributed by atoms with Gasteiger partial charge in [-0.3, -0.25) is 4.79 Å². The first-order chi connectivity index (χ1) is 14.4. The van der Waals surface area contributed by atoms with Crippen molar-refractivity contribution in [2.75, 3.05) is 29.6 Å². The van der Waals surface area contributed by atoms with Crippen molar-refractivity contribution in [1.29, 1.82) is 0 Å². The second-order valence-electron chi connectivity index (χ2n) is 7.99. The zero-order chi connectivity index (χ0) is 21.4. The highest BCUT2D eigenvalue weighted by Gasteiger charge is 2.23. The molecule has 1 aromatic carbocycles. The summed E-state index contributed by atoms with van der Waals surface area (Å²) in [4.78, 5) is 25.3. The van der Waals surface area contributed by atoms with E-state index in [2.05, 4.69) is 33.6 Å². The first-order valence-corrected chi connectivity index (χ1v) is 11.3. The third-order valence-corrected chi connectivity index (χ3v) is 6.07. The smallest absolute Gasteiger partial charge is 0.264 e. The Kier molecular flexibility index (Phi) is 5.71. The van der Waals surface area contributed by atoms with Crippen molar-refractivity contribution in [3.05, 3.63) is 40.9 Å². The van der Waals surface area contributed by atoms with Crippen LogP contribution in [0.4, 0.5) is 11.5 Å². The minimum absolute atomic E-state index is 0.116. The van der Waals surface area contributed by atoms with E-state index in [1.807, 2.05) is 26.0 Å². The van der Waals surface area contributed by atoms with Crippen LogP contribution in [0.25, 0.3) is 22.2 Å². The van der Waals surface area contributed by atoms with Crippen LogP contribution in [0.2, 0.25) is 0 Å². The number of aryl methyl sites for hydroxylation is 1. The van der Waals surface area contributed by atoms with Crippen LogP contribution in [0.3, 0.4) is 0 Å². The summed E-state index contributed by atoms with van der Waals surface area (Å²) >= 11 is 1.68. The van der Waals surface area contributed by atoms with Crippen molar-refractivity contribution >= 4 is 34.2 Å². The number of nitrogens with zero attached hydrogens (tertiary/aromatic N) is 4. The summed E-state index contributed by atoms with van der Waals surface area (Å²) in [7, 11) is 1.70. The molecule has 0 amide bonds. The van der Waals surface area contributed by atoms with Gasteiger partial charge < -0.3 is 19.9 Å². The van der Waals surface area contributed by atoms with Gasteiger partial charge in [0.15, 0.2) is 0 Å². The number of hydrogen-bond donors (Lipinski definition) is 2. The van der Waals surface area contributed by atoms with Crippen LogP contribution in [0.15, 0.2) is 40.3 Å². The lowest BCUT2D eigenvalue weighted by Crippen LogP contribution is -2.21. The van der Waals surface area contributed by atoms with Gasteiger partial charge in [-0.05, 0) is 44.7 Å². The third-order valence-electron chi connectivity index (χ3n) is 5.31. The molecule has 8 heteroatoms. The number of β-amino-alcohol motifs (C(OH)–C–C–N with tert-alkyl or cyclic N) is 1. The average Bonchev–Trinajstić information content (AvgIpc) is 3.15. The molecule has 1 aliphatic rings. The van der Waals surface area contributed by atoms with Crippen LogP contribution in [-0.4, -0.2) is 51.1 Å². The number of fused-ring (bicyclic) bond motifs is 1. The highest BCUT2D eigenvalue weighted by molar-refractivity contribution is 7.98. The number of pyridine rings is 1. The first-order valence-electron chi connectivity index (χ1n) is 10.1. The van der Waals surface area contributed by atoms with E-state index >= 15 is 0 Å². The van der Waals surface area contributed by atoms with Crippen molar-refractivity contribution in [2.45, 2.75) is 37.3 Å². The van der Waals surface area contributed by atoms with Gasteiger partial charge in [0.25, 0.3) is 5.56 Å². The van der Waals surface area contributed by atoms with Crippen LogP contribution < -0.4 is 15.8 Å². The molecule has 0 spiro atoms. The molecule has 0 bridgehead atoms. The predicted octanol–water partition coefficient (Wildman–Crippen LogP) is 3.11. The van der Waals surface area contributed by atoms with Gasteiger partial charge in [-0.25, -0.2) is 9.97 Å². The minimum Gasteiger partial charge on any atom is -0.391 e. The molecular weight excluding hydrogens is 398 g/mol. The molecule has 3 aromatic rings. The molecule has 158 valence electrons. The van der Waals surface area contributed by atoms with Crippen LogP contribution in [0, 0.1) is 0 Å². The Hall–Kier alpha value is -2.58. The van der Waals surface area contributed by atoms with Gasteiger partial charge in [-0.1, -0.05) is 6.07 Å². The number of nitrogens with one attached hydrogen (secondary N) is 1. The maximum Gasteiger partial charge on any atom is 0.264 e. The molecule has 1 unspecified atom stereocenters. The number of aliphatic hydroxyl groups is 1. The highest BCUT2D eigenvalue weighted by Crippen LogP contribution is 2.35. The summed E-state index contributed by atoms with van der Waals surface area (Å²) in [6.45, 7) is 5.56. The molecule has 30 heavy (non-hydrogen) atoms. The SMILES string of the molecule is CSc1cc(-c2cc3ncn(C)c(=O)c3c(NC(C)C)n2)ccc1N1CCC(O)C1. The van der Waals surface area contributed by atoms with Crippen LogP contribution >= 0.6 is 11.8 Å². The lowest BCUT2D eigenvalue weighted by Gasteiger charge is -2.21. The van der Waals surface area contributed by atoms with Crippen LogP contribution in [0.1, 0.15) is 20.3 Å². The highest BCUT2D eigenvalue weighted by atomic mass is 32.2. The van der Waals surface area contributed by atoms with Crippen molar-refractivity contribution in [1.82, 2.24) is 14.5 Å². The van der Waals surface area contributed by atoms with E-state index < -0.39 is 0 Å². The normalized spacial score (nSPS) is 16.6. The Bertz CT molecular complexity index is 1140. The zero-order valence-corrected chi connectivity index (χ0v) is 18.5. The summed E-state index contributed by atoms with van der Waals surface area (Å²) in [5, 5.41) is 13.7. The maximum absolute atomic E-state index is 12.7. The monoisotopic (exact) mass is 425 g/mol. The van der Waals surface area contributed by atoms with E-state index in [4.69, 9.17) is 4.98 Å². The van der Waals surface area contributed by atoms with Crippen molar-refractivity contribution < 1.29 is 5.11 Å². The molecule has 1 saturated heterocycles. The Morgan fingerprint density at radius 1 is 1.30 bits per heavy atom. The molecule has 7 nitrogen and oxygen atoms in total. The predicted molar refractivity (Wildman–Crippen MR) is 124 cm³/mol. The number of benzene rings is 1. The van der Waals surface area contributed by atoms with Crippen molar-refractivity contribution in [3.8, 4) is 11.3 Å². The fraction of sp³-hybridized carbons (Fsp3) is 0.409. The van der Waals surface area contributed by atoms with E-state index in [-0.39, 0.29) is 17.7 Å². The fourth-order valence-electron chi connectivity index (χ4n) is 3.81. The second kappa shape index (κ2) is 8.28. The van der Waals surface area contributed by atoms with Gasteiger partial charge >= 0.3 is 0 Å². The quantitative estimate of drug-likeness (QED) is 0.608. The Morgan fingerprint density at radius 3 is 2.77 bits per heavy atom. The lowest BCUT2D eigenvalue weighted by atomic mass is 10.1. The first kappa shape index (κ1) is 20.7. The van der Waals surface area contributed by atoms with Crippen LogP contribution in [-0.2, 0) is 7.05 Å². The fourth-order valence-corrected chi connectivity index (χ4v) is 4.46. The van der Waals surface area contributed by atoms with E-state index in [1.54, 1.807) is 25.1 Å². The molecule has 0 aliphatic carbocycles. The summed E-state index contributed by atoms with van der Waals surface area (Å²) in [6, 6.07) is 8.28. The third kappa shape index (κ3) is 3.89. The topological polar surface area (TPSA) is 83.3 Å². The summed E-state index contributed by atoms with van der Waals surface area (Å²) in [5.74, 6) is 0.559. The number of thioether (sulfide) groups is 1. The largest absolute Gasteiger partial charge is 0.391 e. The minimum atomic E-state index is -0.264.